The van der Waals surface area contributed by atoms with Crippen molar-refractivity contribution in [2.45, 2.75) is 13.3 Å². The summed E-state index contributed by atoms with van der Waals surface area (Å²) in [6.45, 7) is 1.95. The van der Waals surface area contributed by atoms with Crippen molar-refractivity contribution in [2.24, 2.45) is 0 Å². The fraction of sp³-hybridized carbons (Fsp3) is 0.200. The molecule has 8 nitrogen and oxygen atoms in total. The standard InChI is InChI=1S/C15H15N3O5/c1-10-2-3-12(18(21)22)8-13(10)17-15(20)14(19)16-6-4-11-5-7-23-9-11/h2-3,5,7-9H,4,6H2,1H3,(H,16,19)(H,17,20). The number of benzene rings is 1. The number of nitrogens with zero attached hydrogens (tertiary/aromatic N) is 1. The minimum absolute atomic E-state index is 0.161. The fourth-order valence-corrected chi connectivity index (χ4v) is 1.87. The van der Waals surface area contributed by atoms with E-state index in [0.29, 0.717) is 12.0 Å². The molecule has 2 amide bonds. The van der Waals surface area contributed by atoms with Gasteiger partial charge in [0.05, 0.1) is 23.1 Å². The molecule has 0 saturated heterocycles. The molecule has 23 heavy (non-hydrogen) atoms. The molecule has 1 aromatic carbocycles. The molecule has 8 heteroatoms. The van der Waals surface area contributed by atoms with Gasteiger partial charge in [0.2, 0.25) is 0 Å². The minimum Gasteiger partial charge on any atom is -0.472 e. The summed E-state index contributed by atoms with van der Waals surface area (Å²) in [4.78, 5) is 33.7. The number of hydrogen-bond acceptors (Lipinski definition) is 5. The van der Waals surface area contributed by atoms with E-state index in [-0.39, 0.29) is 17.9 Å². The second kappa shape index (κ2) is 7.21. The summed E-state index contributed by atoms with van der Waals surface area (Å²) < 4.78 is 4.90. The number of nitro groups is 1. The van der Waals surface area contributed by atoms with Gasteiger partial charge in [-0.05, 0) is 30.5 Å². The number of carbonyl (C=O) groups excluding carboxylic acids is 2. The summed E-state index contributed by atoms with van der Waals surface area (Å²) in [5.41, 5.74) is 1.59. The molecule has 2 aromatic rings. The summed E-state index contributed by atoms with van der Waals surface area (Å²) in [5.74, 6) is -1.68. The van der Waals surface area contributed by atoms with Crippen LogP contribution in [0.25, 0.3) is 0 Å². The monoisotopic (exact) mass is 317 g/mol. The van der Waals surface area contributed by atoms with Crippen molar-refractivity contribution in [1.82, 2.24) is 5.32 Å². The van der Waals surface area contributed by atoms with E-state index in [1.165, 1.54) is 24.5 Å². The lowest BCUT2D eigenvalue weighted by Crippen LogP contribution is -2.36. The van der Waals surface area contributed by atoms with E-state index < -0.39 is 16.7 Å². The highest BCUT2D eigenvalue weighted by Crippen LogP contribution is 2.21. The maximum Gasteiger partial charge on any atom is 0.313 e. The lowest BCUT2D eigenvalue weighted by Gasteiger charge is -2.08. The van der Waals surface area contributed by atoms with Crippen LogP contribution < -0.4 is 10.6 Å². The molecule has 2 N–H and O–H groups in total. The van der Waals surface area contributed by atoms with Crippen molar-refractivity contribution in [3.8, 4) is 0 Å². The summed E-state index contributed by atoms with van der Waals surface area (Å²) in [5, 5.41) is 15.6. The van der Waals surface area contributed by atoms with Gasteiger partial charge in [0.1, 0.15) is 0 Å². The average Bonchev–Trinajstić information content (AvgIpc) is 3.02. The topological polar surface area (TPSA) is 114 Å². The highest BCUT2D eigenvalue weighted by Gasteiger charge is 2.16. The first-order chi connectivity index (χ1) is 11.0. The van der Waals surface area contributed by atoms with Crippen LogP contribution in [0.3, 0.4) is 0 Å². The van der Waals surface area contributed by atoms with Crippen molar-refractivity contribution in [1.29, 1.82) is 0 Å². The van der Waals surface area contributed by atoms with Gasteiger partial charge >= 0.3 is 11.8 Å². The quantitative estimate of drug-likeness (QED) is 0.495. The Bertz CT molecular complexity index is 725. The Morgan fingerprint density at radius 1 is 1.26 bits per heavy atom. The predicted molar refractivity (Wildman–Crippen MR) is 81.9 cm³/mol. The van der Waals surface area contributed by atoms with Crippen molar-refractivity contribution < 1.29 is 18.9 Å². The lowest BCUT2D eigenvalue weighted by molar-refractivity contribution is -0.384. The molecule has 120 valence electrons. The van der Waals surface area contributed by atoms with Gasteiger partial charge in [-0.2, -0.15) is 0 Å². The Kier molecular flexibility index (Phi) is 5.08. The number of nitrogens with one attached hydrogen (secondary N) is 2. The molecule has 1 aromatic heterocycles. The SMILES string of the molecule is Cc1ccc([N+](=O)[O-])cc1NC(=O)C(=O)NCCc1ccoc1. The molecule has 0 saturated carbocycles. The zero-order chi connectivity index (χ0) is 16.8. The second-order valence-electron chi connectivity index (χ2n) is 4.85. The van der Waals surface area contributed by atoms with Crippen molar-refractivity contribution in [3.63, 3.8) is 0 Å². The summed E-state index contributed by atoms with van der Waals surface area (Å²) in [6, 6.07) is 5.81. The van der Waals surface area contributed by atoms with Gasteiger partial charge in [0.15, 0.2) is 0 Å². The van der Waals surface area contributed by atoms with Crippen LogP contribution in [0, 0.1) is 17.0 Å². The summed E-state index contributed by atoms with van der Waals surface area (Å²) in [6.07, 6.45) is 3.61. The molecule has 0 bridgehead atoms. The van der Waals surface area contributed by atoms with E-state index in [1.807, 2.05) is 0 Å². The second-order valence-corrected chi connectivity index (χ2v) is 4.85. The molecule has 0 unspecified atom stereocenters. The fourth-order valence-electron chi connectivity index (χ4n) is 1.87. The molecule has 0 spiro atoms. The third kappa shape index (κ3) is 4.40. The predicted octanol–water partition coefficient (Wildman–Crippen LogP) is 1.79. The normalized spacial score (nSPS) is 10.1. The summed E-state index contributed by atoms with van der Waals surface area (Å²) in [7, 11) is 0. The van der Waals surface area contributed by atoms with E-state index in [2.05, 4.69) is 10.6 Å². The first-order valence-electron chi connectivity index (χ1n) is 6.82. The largest absolute Gasteiger partial charge is 0.472 e. The van der Waals surface area contributed by atoms with Crippen molar-refractivity contribution in [3.05, 3.63) is 58.0 Å². The van der Waals surface area contributed by atoms with Gasteiger partial charge in [-0.25, -0.2) is 0 Å². The first-order valence-corrected chi connectivity index (χ1v) is 6.82. The zero-order valence-corrected chi connectivity index (χ0v) is 12.4. The van der Waals surface area contributed by atoms with Crippen LogP contribution in [0.2, 0.25) is 0 Å². The number of furan rings is 1. The maximum absolute atomic E-state index is 11.8. The Morgan fingerprint density at radius 3 is 2.70 bits per heavy atom. The van der Waals surface area contributed by atoms with E-state index in [4.69, 9.17) is 4.42 Å². The van der Waals surface area contributed by atoms with E-state index in [1.54, 1.807) is 19.3 Å². The molecule has 0 aliphatic heterocycles. The van der Waals surface area contributed by atoms with Gasteiger partial charge in [-0.3, -0.25) is 19.7 Å². The Labute approximate surface area is 131 Å². The Hall–Kier alpha value is -3.16. The third-order valence-electron chi connectivity index (χ3n) is 3.17. The first kappa shape index (κ1) is 16.2. The van der Waals surface area contributed by atoms with Gasteiger partial charge in [-0.15, -0.1) is 0 Å². The minimum atomic E-state index is -0.874. The van der Waals surface area contributed by atoms with Crippen LogP contribution >= 0.6 is 0 Å². The van der Waals surface area contributed by atoms with Crippen LogP contribution in [-0.2, 0) is 16.0 Å². The van der Waals surface area contributed by atoms with E-state index in [0.717, 1.165) is 5.56 Å². The van der Waals surface area contributed by atoms with Gasteiger partial charge in [0.25, 0.3) is 5.69 Å². The zero-order valence-electron chi connectivity index (χ0n) is 12.4. The van der Waals surface area contributed by atoms with Crippen molar-refractivity contribution in [2.75, 3.05) is 11.9 Å². The van der Waals surface area contributed by atoms with Crippen LogP contribution in [0.15, 0.2) is 41.2 Å². The average molecular weight is 317 g/mol. The number of hydrogen-bond donors (Lipinski definition) is 2. The van der Waals surface area contributed by atoms with Crippen LogP contribution in [0.5, 0.6) is 0 Å². The molecule has 0 aliphatic rings. The summed E-state index contributed by atoms with van der Waals surface area (Å²) >= 11 is 0. The van der Waals surface area contributed by atoms with Gasteiger partial charge in [-0.1, -0.05) is 6.07 Å². The number of carbonyl (C=O) groups is 2. The van der Waals surface area contributed by atoms with E-state index in [9.17, 15) is 19.7 Å². The smallest absolute Gasteiger partial charge is 0.313 e. The molecule has 0 radical (unpaired) electrons. The van der Waals surface area contributed by atoms with Gasteiger partial charge in [0, 0.05) is 18.7 Å². The van der Waals surface area contributed by atoms with Crippen LogP contribution in [-0.4, -0.2) is 23.3 Å². The third-order valence-corrected chi connectivity index (χ3v) is 3.17. The number of non-ortho nitro benzene ring substituents is 1. The molecular formula is C15H15N3O5. The number of amides is 2. The Morgan fingerprint density at radius 2 is 2.04 bits per heavy atom. The lowest BCUT2D eigenvalue weighted by atomic mass is 10.2. The van der Waals surface area contributed by atoms with E-state index >= 15 is 0 Å². The number of rotatable bonds is 5. The van der Waals surface area contributed by atoms with Crippen LogP contribution in [0.4, 0.5) is 11.4 Å². The van der Waals surface area contributed by atoms with Crippen molar-refractivity contribution >= 4 is 23.2 Å². The molecule has 0 aliphatic carbocycles. The van der Waals surface area contributed by atoms with Crippen LogP contribution in [0.1, 0.15) is 11.1 Å². The molecule has 2 rings (SSSR count). The highest BCUT2D eigenvalue weighted by molar-refractivity contribution is 6.39. The highest BCUT2D eigenvalue weighted by atomic mass is 16.6. The molecule has 0 fully saturated rings. The maximum atomic E-state index is 11.8. The molecule has 0 atom stereocenters. The van der Waals surface area contributed by atoms with Gasteiger partial charge < -0.3 is 15.1 Å². The number of anilines is 1. The molecule has 1 heterocycles. The Balaban J connectivity index is 1.91. The number of aryl methyl sites for hydroxylation is 1. The number of nitro benzene ring substituents is 1. The molecular weight excluding hydrogens is 302 g/mol.